The molecule has 1 nitrogen and oxygen atoms in total. The number of benzene rings is 1. The van der Waals surface area contributed by atoms with E-state index in [1.807, 2.05) is 6.07 Å². The van der Waals surface area contributed by atoms with Crippen molar-refractivity contribution in [2.24, 2.45) is 0 Å². The van der Waals surface area contributed by atoms with E-state index in [4.69, 9.17) is 11.6 Å². The Morgan fingerprint density at radius 3 is 2.67 bits per heavy atom. The van der Waals surface area contributed by atoms with Gasteiger partial charge in [0, 0.05) is 22.9 Å². The van der Waals surface area contributed by atoms with Gasteiger partial charge in [0.2, 0.25) is 0 Å². The first-order valence-electron chi connectivity index (χ1n) is 5.06. The Morgan fingerprint density at radius 1 is 1.47 bits per heavy atom. The molecule has 0 radical (unpaired) electrons. The summed E-state index contributed by atoms with van der Waals surface area (Å²) in [5.74, 6) is 0. The van der Waals surface area contributed by atoms with Gasteiger partial charge in [-0.15, -0.1) is 0 Å². The van der Waals surface area contributed by atoms with Crippen molar-refractivity contribution in [3.05, 3.63) is 34.3 Å². The van der Waals surface area contributed by atoms with Gasteiger partial charge in [0.15, 0.2) is 0 Å². The predicted molar refractivity (Wildman–Crippen MR) is 70.9 cm³/mol. The standard InChI is InChI=1S/C12H17BrClN/c1-9-4-5-11(12(14)6-9)8-15(3)10(2)7-13/h4-6,10H,7-8H2,1-3H3. The van der Waals surface area contributed by atoms with Crippen LogP contribution in [0.1, 0.15) is 18.1 Å². The average molecular weight is 291 g/mol. The number of nitrogens with zero attached hydrogens (tertiary/aromatic N) is 1. The van der Waals surface area contributed by atoms with Gasteiger partial charge in [0.05, 0.1) is 0 Å². The third kappa shape index (κ3) is 3.78. The first kappa shape index (κ1) is 13.0. The predicted octanol–water partition coefficient (Wildman–Crippen LogP) is 3.86. The molecule has 0 aliphatic carbocycles. The maximum Gasteiger partial charge on any atom is 0.0453 e. The Kier molecular flexibility index (Phi) is 5.10. The molecule has 1 atom stereocenters. The quantitative estimate of drug-likeness (QED) is 0.761. The van der Waals surface area contributed by atoms with E-state index in [2.05, 4.69) is 53.9 Å². The first-order chi connectivity index (χ1) is 7.04. The summed E-state index contributed by atoms with van der Waals surface area (Å²) in [5, 5.41) is 1.84. The maximum atomic E-state index is 6.18. The molecule has 0 saturated carbocycles. The summed E-state index contributed by atoms with van der Waals surface area (Å²) in [6, 6.07) is 6.74. The van der Waals surface area contributed by atoms with Gasteiger partial charge in [0.1, 0.15) is 0 Å². The fourth-order valence-corrected chi connectivity index (χ4v) is 2.11. The molecule has 84 valence electrons. The normalized spacial score (nSPS) is 13.2. The van der Waals surface area contributed by atoms with E-state index < -0.39 is 0 Å². The molecule has 0 aromatic heterocycles. The van der Waals surface area contributed by atoms with Gasteiger partial charge in [-0.05, 0) is 38.1 Å². The van der Waals surface area contributed by atoms with Gasteiger partial charge in [-0.3, -0.25) is 4.90 Å². The highest BCUT2D eigenvalue weighted by atomic mass is 79.9. The summed E-state index contributed by atoms with van der Waals surface area (Å²) in [6.07, 6.45) is 0. The van der Waals surface area contributed by atoms with Crippen LogP contribution in [0.3, 0.4) is 0 Å². The van der Waals surface area contributed by atoms with Crippen molar-refractivity contribution in [1.29, 1.82) is 0 Å². The number of halogens is 2. The molecular formula is C12H17BrClN. The highest BCUT2D eigenvalue weighted by Crippen LogP contribution is 2.19. The van der Waals surface area contributed by atoms with Gasteiger partial charge in [-0.25, -0.2) is 0 Å². The molecule has 0 saturated heterocycles. The second-order valence-electron chi connectivity index (χ2n) is 4.01. The van der Waals surface area contributed by atoms with E-state index in [0.29, 0.717) is 6.04 Å². The van der Waals surface area contributed by atoms with Crippen LogP contribution < -0.4 is 0 Å². The average Bonchev–Trinajstić information content (AvgIpc) is 2.20. The van der Waals surface area contributed by atoms with Gasteiger partial charge in [-0.1, -0.05) is 39.7 Å². The zero-order chi connectivity index (χ0) is 11.4. The molecule has 0 bridgehead atoms. The minimum absolute atomic E-state index is 0.516. The smallest absolute Gasteiger partial charge is 0.0453 e. The first-order valence-corrected chi connectivity index (χ1v) is 6.55. The molecule has 1 unspecified atom stereocenters. The minimum atomic E-state index is 0.516. The third-order valence-electron chi connectivity index (χ3n) is 2.60. The fourth-order valence-electron chi connectivity index (χ4n) is 1.32. The number of rotatable bonds is 4. The molecular weight excluding hydrogens is 273 g/mol. The zero-order valence-corrected chi connectivity index (χ0v) is 11.8. The SMILES string of the molecule is Cc1ccc(CN(C)C(C)CBr)c(Cl)c1. The fraction of sp³-hybridized carbons (Fsp3) is 0.500. The van der Waals surface area contributed by atoms with Crippen molar-refractivity contribution in [3.8, 4) is 0 Å². The Bertz CT molecular complexity index is 327. The number of hydrogen-bond acceptors (Lipinski definition) is 1. The zero-order valence-electron chi connectivity index (χ0n) is 9.43. The topological polar surface area (TPSA) is 3.24 Å². The van der Waals surface area contributed by atoms with Crippen LogP contribution in [-0.4, -0.2) is 23.3 Å². The van der Waals surface area contributed by atoms with Crippen LogP contribution in [0, 0.1) is 6.92 Å². The highest BCUT2D eigenvalue weighted by Gasteiger charge is 2.09. The summed E-state index contributed by atoms with van der Waals surface area (Å²) in [6.45, 7) is 5.14. The number of aryl methyl sites for hydroxylation is 1. The van der Waals surface area contributed by atoms with Crippen molar-refractivity contribution in [1.82, 2.24) is 4.90 Å². The molecule has 0 spiro atoms. The molecule has 3 heteroatoms. The Hall–Kier alpha value is -0.0500. The molecule has 1 aromatic carbocycles. The summed E-state index contributed by atoms with van der Waals surface area (Å²) >= 11 is 9.67. The summed E-state index contributed by atoms with van der Waals surface area (Å²) in [4.78, 5) is 2.28. The van der Waals surface area contributed by atoms with Crippen molar-refractivity contribution < 1.29 is 0 Å². The molecule has 0 aliphatic rings. The van der Waals surface area contributed by atoms with Crippen LogP contribution in [0.4, 0.5) is 0 Å². The van der Waals surface area contributed by atoms with Crippen molar-refractivity contribution >= 4 is 27.5 Å². The maximum absolute atomic E-state index is 6.18. The van der Waals surface area contributed by atoms with Gasteiger partial charge in [-0.2, -0.15) is 0 Å². The lowest BCUT2D eigenvalue weighted by atomic mass is 10.1. The molecule has 15 heavy (non-hydrogen) atoms. The van der Waals surface area contributed by atoms with Crippen LogP contribution in [0.15, 0.2) is 18.2 Å². The van der Waals surface area contributed by atoms with Crippen LogP contribution >= 0.6 is 27.5 Å². The summed E-state index contributed by atoms with van der Waals surface area (Å²) < 4.78 is 0. The lowest BCUT2D eigenvalue weighted by Gasteiger charge is -2.23. The molecule has 0 amide bonds. The van der Waals surface area contributed by atoms with E-state index in [-0.39, 0.29) is 0 Å². The molecule has 0 aliphatic heterocycles. The van der Waals surface area contributed by atoms with Crippen molar-refractivity contribution in [2.45, 2.75) is 26.4 Å². The van der Waals surface area contributed by atoms with Crippen LogP contribution in [-0.2, 0) is 6.54 Å². The molecule has 0 fully saturated rings. The lowest BCUT2D eigenvalue weighted by Crippen LogP contribution is -2.29. The lowest BCUT2D eigenvalue weighted by molar-refractivity contribution is 0.271. The number of hydrogen-bond donors (Lipinski definition) is 0. The monoisotopic (exact) mass is 289 g/mol. The van der Waals surface area contributed by atoms with Gasteiger partial charge < -0.3 is 0 Å². The van der Waals surface area contributed by atoms with E-state index in [9.17, 15) is 0 Å². The molecule has 1 aromatic rings. The third-order valence-corrected chi connectivity index (χ3v) is 3.89. The van der Waals surface area contributed by atoms with E-state index in [0.717, 1.165) is 16.9 Å². The Morgan fingerprint density at radius 2 is 2.13 bits per heavy atom. The van der Waals surface area contributed by atoms with Crippen LogP contribution in [0.2, 0.25) is 5.02 Å². The van der Waals surface area contributed by atoms with Crippen LogP contribution in [0.25, 0.3) is 0 Å². The second kappa shape index (κ2) is 5.88. The molecule has 1 rings (SSSR count). The summed E-state index contributed by atoms with van der Waals surface area (Å²) in [7, 11) is 2.11. The Labute approximate surface area is 106 Å². The van der Waals surface area contributed by atoms with E-state index >= 15 is 0 Å². The summed E-state index contributed by atoms with van der Waals surface area (Å²) in [5.41, 5.74) is 2.40. The van der Waals surface area contributed by atoms with Crippen molar-refractivity contribution in [2.75, 3.05) is 12.4 Å². The van der Waals surface area contributed by atoms with Gasteiger partial charge >= 0.3 is 0 Å². The van der Waals surface area contributed by atoms with E-state index in [1.54, 1.807) is 0 Å². The minimum Gasteiger partial charge on any atom is -0.299 e. The van der Waals surface area contributed by atoms with Crippen LogP contribution in [0.5, 0.6) is 0 Å². The largest absolute Gasteiger partial charge is 0.299 e. The molecule has 0 heterocycles. The van der Waals surface area contributed by atoms with Gasteiger partial charge in [0.25, 0.3) is 0 Å². The molecule has 0 N–H and O–H groups in total. The highest BCUT2D eigenvalue weighted by molar-refractivity contribution is 9.09. The van der Waals surface area contributed by atoms with E-state index in [1.165, 1.54) is 11.1 Å². The number of alkyl halides is 1. The Balaban J connectivity index is 2.72. The second-order valence-corrected chi connectivity index (χ2v) is 5.07. The van der Waals surface area contributed by atoms with Crippen molar-refractivity contribution in [3.63, 3.8) is 0 Å².